The normalized spacial score (nSPS) is 16.6. The molecule has 0 bridgehead atoms. The molecule has 1 fully saturated rings. The molecule has 2 aliphatic rings. The molecule has 3 aromatic rings. The average Bonchev–Trinajstić information content (AvgIpc) is 3.31. The van der Waals surface area contributed by atoms with E-state index in [1.807, 2.05) is 42.5 Å². The summed E-state index contributed by atoms with van der Waals surface area (Å²) in [5.74, 6) is -1.41. The van der Waals surface area contributed by atoms with Gasteiger partial charge < -0.3 is 20.1 Å². The monoisotopic (exact) mass is 569 g/mol. The first-order valence-corrected chi connectivity index (χ1v) is 14.7. The summed E-state index contributed by atoms with van der Waals surface area (Å²) in [6.07, 6.45) is 0.557. The highest BCUT2D eigenvalue weighted by Gasteiger charge is 2.41. The van der Waals surface area contributed by atoms with Crippen LogP contribution >= 0.6 is 0 Å². The maximum absolute atomic E-state index is 13.4. The van der Waals surface area contributed by atoms with E-state index in [2.05, 4.69) is 46.6 Å². The number of likely N-dealkylation sites (N-methyl/N-ethyl adjacent to an activating group) is 1. The van der Waals surface area contributed by atoms with Crippen molar-refractivity contribution in [1.29, 1.82) is 0 Å². The number of amides is 2. The molecular weight excluding hydrogens is 530 g/mol. The summed E-state index contributed by atoms with van der Waals surface area (Å²) in [5.41, 5.74) is 4.94. The van der Waals surface area contributed by atoms with Crippen LogP contribution in [0.15, 0.2) is 78.9 Å². The predicted molar refractivity (Wildman–Crippen MR) is 161 cm³/mol. The van der Waals surface area contributed by atoms with Crippen LogP contribution in [0.2, 0.25) is 0 Å². The SMILES string of the molecule is CCN(C(=O)CC1(NC(=O)OCC2c3ccccc3-c3ccccc32)CCN(Cc2ccccc2)CC1)C(C)C(=O)O. The molecule has 1 saturated heterocycles. The number of nitrogens with one attached hydrogen (secondary N) is 1. The summed E-state index contributed by atoms with van der Waals surface area (Å²) in [4.78, 5) is 42.2. The number of likely N-dealkylation sites (tertiary alicyclic amines) is 1. The van der Waals surface area contributed by atoms with Crippen molar-refractivity contribution < 1.29 is 24.2 Å². The van der Waals surface area contributed by atoms with E-state index in [1.54, 1.807) is 6.92 Å². The van der Waals surface area contributed by atoms with E-state index in [9.17, 15) is 19.5 Å². The van der Waals surface area contributed by atoms with Crippen molar-refractivity contribution in [3.63, 3.8) is 0 Å². The van der Waals surface area contributed by atoms with Gasteiger partial charge >= 0.3 is 12.1 Å². The van der Waals surface area contributed by atoms with Crippen molar-refractivity contribution in [3.8, 4) is 11.1 Å². The Balaban J connectivity index is 1.29. The molecule has 1 atom stereocenters. The van der Waals surface area contributed by atoms with E-state index in [4.69, 9.17) is 4.74 Å². The Labute approximate surface area is 247 Å². The minimum absolute atomic E-state index is 0.0157. The molecule has 0 spiro atoms. The van der Waals surface area contributed by atoms with Gasteiger partial charge in [-0.05, 0) is 54.5 Å². The lowest BCUT2D eigenvalue weighted by atomic mass is 9.83. The summed E-state index contributed by atoms with van der Waals surface area (Å²) >= 11 is 0. The molecule has 2 N–H and O–H groups in total. The lowest BCUT2D eigenvalue weighted by molar-refractivity contribution is -0.150. The topological polar surface area (TPSA) is 99.2 Å². The fourth-order valence-electron chi connectivity index (χ4n) is 6.37. The van der Waals surface area contributed by atoms with Gasteiger partial charge in [0.15, 0.2) is 0 Å². The highest BCUT2D eigenvalue weighted by atomic mass is 16.5. The molecule has 0 aromatic heterocycles. The van der Waals surface area contributed by atoms with Crippen LogP contribution in [-0.4, -0.2) is 70.7 Å². The third-order valence-electron chi connectivity index (χ3n) is 8.75. The predicted octanol–water partition coefficient (Wildman–Crippen LogP) is 5.27. The molecule has 0 radical (unpaired) electrons. The molecule has 8 nitrogen and oxygen atoms in total. The van der Waals surface area contributed by atoms with Gasteiger partial charge in [-0.15, -0.1) is 0 Å². The second kappa shape index (κ2) is 12.8. The maximum atomic E-state index is 13.4. The number of alkyl carbamates (subject to hydrolysis) is 1. The zero-order valence-corrected chi connectivity index (χ0v) is 24.3. The molecular formula is C34H39N3O5. The number of fused-ring (bicyclic) bond motifs is 3. The van der Waals surface area contributed by atoms with Crippen molar-refractivity contribution >= 4 is 18.0 Å². The van der Waals surface area contributed by atoms with Crippen LogP contribution in [0.4, 0.5) is 4.79 Å². The summed E-state index contributed by atoms with van der Waals surface area (Å²) in [5, 5.41) is 12.6. The third kappa shape index (κ3) is 6.34. The number of piperidine rings is 1. The summed E-state index contributed by atoms with van der Waals surface area (Å²) in [7, 11) is 0. The van der Waals surface area contributed by atoms with E-state index in [0.717, 1.165) is 28.8 Å². The Kier molecular flexibility index (Phi) is 8.92. The number of benzene rings is 3. The average molecular weight is 570 g/mol. The van der Waals surface area contributed by atoms with Crippen LogP contribution < -0.4 is 5.32 Å². The van der Waals surface area contributed by atoms with Crippen LogP contribution in [0.5, 0.6) is 0 Å². The van der Waals surface area contributed by atoms with E-state index in [0.29, 0.717) is 25.9 Å². The minimum Gasteiger partial charge on any atom is -0.480 e. The van der Waals surface area contributed by atoms with Gasteiger partial charge in [0, 0.05) is 32.1 Å². The fourth-order valence-corrected chi connectivity index (χ4v) is 6.37. The van der Waals surface area contributed by atoms with E-state index < -0.39 is 23.6 Å². The van der Waals surface area contributed by atoms with Crippen LogP contribution in [0.3, 0.4) is 0 Å². The maximum Gasteiger partial charge on any atom is 0.407 e. The van der Waals surface area contributed by atoms with Gasteiger partial charge in [0.1, 0.15) is 12.6 Å². The molecule has 220 valence electrons. The number of carboxylic acids is 1. The van der Waals surface area contributed by atoms with Crippen molar-refractivity contribution in [3.05, 3.63) is 95.6 Å². The first kappa shape index (κ1) is 29.3. The van der Waals surface area contributed by atoms with Crippen molar-refractivity contribution in [2.75, 3.05) is 26.2 Å². The molecule has 3 aromatic carbocycles. The molecule has 0 saturated carbocycles. The number of carboxylic acid groups (broad SMARTS) is 1. The Morgan fingerprint density at radius 2 is 1.52 bits per heavy atom. The molecule has 2 amide bonds. The van der Waals surface area contributed by atoms with Gasteiger partial charge in [0.05, 0.1) is 12.0 Å². The summed E-state index contributed by atoms with van der Waals surface area (Å²) in [6, 6.07) is 25.6. The molecule has 5 rings (SSSR count). The molecule has 1 aliphatic carbocycles. The number of carbonyl (C=O) groups excluding carboxylic acids is 2. The summed E-state index contributed by atoms with van der Waals surface area (Å²) < 4.78 is 5.86. The second-order valence-corrected chi connectivity index (χ2v) is 11.4. The van der Waals surface area contributed by atoms with Gasteiger partial charge in [-0.3, -0.25) is 9.69 Å². The number of hydrogen-bond acceptors (Lipinski definition) is 5. The third-order valence-corrected chi connectivity index (χ3v) is 8.75. The number of rotatable bonds is 10. The van der Waals surface area contributed by atoms with Gasteiger partial charge in [-0.2, -0.15) is 0 Å². The summed E-state index contributed by atoms with van der Waals surface area (Å²) in [6.45, 7) is 5.89. The molecule has 1 heterocycles. The Hall–Kier alpha value is -4.17. The van der Waals surface area contributed by atoms with E-state index >= 15 is 0 Å². The Morgan fingerprint density at radius 3 is 2.10 bits per heavy atom. The van der Waals surface area contributed by atoms with Gasteiger partial charge in [0.2, 0.25) is 5.91 Å². The van der Waals surface area contributed by atoms with Crippen LogP contribution in [0.1, 0.15) is 55.7 Å². The number of ether oxygens (including phenoxy) is 1. The lowest BCUT2D eigenvalue weighted by Gasteiger charge is -2.42. The molecule has 42 heavy (non-hydrogen) atoms. The molecule has 8 heteroatoms. The quantitative estimate of drug-likeness (QED) is 0.345. The zero-order chi connectivity index (χ0) is 29.7. The van der Waals surface area contributed by atoms with Crippen molar-refractivity contribution in [2.45, 2.75) is 57.2 Å². The molecule has 1 unspecified atom stereocenters. The fraction of sp³-hybridized carbons (Fsp3) is 0.382. The second-order valence-electron chi connectivity index (χ2n) is 11.4. The van der Waals surface area contributed by atoms with Gasteiger partial charge in [0.25, 0.3) is 0 Å². The van der Waals surface area contributed by atoms with Crippen molar-refractivity contribution in [1.82, 2.24) is 15.1 Å². The van der Waals surface area contributed by atoms with Crippen LogP contribution in [0, 0.1) is 0 Å². The van der Waals surface area contributed by atoms with Crippen molar-refractivity contribution in [2.24, 2.45) is 0 Å². The first-order chi connectivity index (χ1) is 20.3. The van der Waals surface area contributed by atoms with Gasteiger partial charge in [-0.1, -0.05) is 78.9 Å². The minimum atomic E-state index is -1.05. The lowest BCUT2D eigenvalue weighted by Crippen LogP contribution is -2.58. The molecule has 1 aliphatic heterocycles. The van der Waals surface area contributed by atoms with E-state index in [1.165, 1.54) is 17.4 Å². The first-order valence-electron chi connectivity index (χ1n) is 14.7. The van der Waals surface area contributed by atoms with Gasteiger partial charge in [-0.25, -0.2) is 9.59 Å². The smallest absolute Gasteiger partial charge is 0.407 e. The highest BCUT2D eigenvalue weighted by molar-refractivity contribution is 5.84. The van der Waals surface area contributed by atoms with Crippen LogP contribution in [-0.2, 0) is 20.9 Å². The number of nitrogens with zero attached hydrogens (tertiary/aromatic N) is 2. The van der Waals surface area contributed by atoms with E-state index in [-0.39, 0.29) is 31.4 Å². The Morgan fingerprint density at radius 1 is 0.952 bits per heavy atom. The Bertz CT molecular complexity index is 1370. The number of hydrogen-bond donors (Lipinski definition) is 2. The number of carbonyl (C=O) groups is 3. The highest BCUT2D eigenvalue weighted by Crippen LogP contribution is 2.44. The van der Waals surface area contributed by atoms with Crippen LogP contribution in [0.25, 0.3) is 11.1 Å². The zero-order valence-electron chi connectivity index (χ0n) is 24.3. The standard InChI is InChI=1S/C34H39N3O5/c1-3-37(24(2)32(39)40)31(38)21-34(17-19-36(20-18-34)22-25-11-5-4-6-12-25)35-33(41)42-23-30-28-15-9-7-13-26(28)27-14-8-10-16-29(27)30/h4-16,24,30H,3,17-23H2,1-2H3,(H,35,41)(H,39,40). The number of aliphatic carboxylic acids is 1. The largest absolute Gasteiger partial charge is 0.480 e.